The van der Waals surface area contributed by atoms with E-state index in [1.807, 2.05) is 0 Å². The van der Waals surface area contributed by atoms with Gasteiger partial charge in [0.25, 0.3) is 0 Å². The molecule has 1 unspecified atom stereocenters. The highest BCUT2D eigenvalue weighted by molar-refractivity contribution is 5.16. The van der Waals surface area contributed by atoms with Gasteiger partial charge in [-0.3, -0.25) is 0 Å². The van der Waals surface area contributed by atoms with Gasteiger partial charge in [-0.15, -0.1) is 0 Å². The van der Waals surface area contributed by atoms with Crippen LogP contribution in [0, 0.1) is 5.92 Å². The lowest BCUT2D eigenvalue weighted by atomic mass is 9.86. The van der Waals surface area contributed by atoms with Crippen molar-refractivity contribution in [2.45, 2.75) is 38.2 Å². The molecule has 0 aromatic carbocycles. The molecule has 0 radical (unpaired) electrons. The van der Waals surface area contributed by atoms with Gasteiger partial charge < -0.3 is 10.3 Å². The lowest BCUT2D eigenvalue weighted by molar-refractivity contribution is -0.0546. The van der Waals surface area contributed by atoms with Crippen LogP contribution in [-0.2, 0) is 6.54 Å². The highest BCUT2D eigenvalue weighted by Gasteiger charge is 2.36. The fraction of sp³-hybridized carbons (Fsp3) is 0.700. The van der Waals surface area contributed by atoms with E-state index >= 15 is 0 Å². The highest BCUT2D eigenvalue weighted by atomic mass is 19.3. The number of nitrogens with zero attached hydrogens (tertiary/aromatic N) is 2. The second kappa shape index (κ2) is 3.79. The monoisotopic (exact) mass is 215 g/mol. The zero-order valence-electron chi connectivity index (χ0n) is 8.50. The van der Waals surface area contributed by atoms with Gasteiger partial charge in [0.2, 0.25) is 5.92 Å². The molecule has 0 aliphatic heterocycles. The summed E-state index contributed by atoms with van der Waals surface area (Å²) in [5.74, 6) is -2.06. The Morgan fingerprint density at radius 3 is 3.00 bits per heavy atom. The van der Waals surface area contributed by atoms with Crippen LogP contribution < -0.4 is 5.73 Å². The van der Waals surface area contributed by atoms with E-state index in [1.54, 1.807) is 17.0 Å². The van der Waals surface area contributed by atoms with E-state index < -0.39 is 5.92 Å². The molecule has 2 rings (SSSR count). The van der Waals surface area contributed by atoms with Crippen LogP contribution in [0.3, 0.4) is 0 Å². The van der Waals surface area contributed by atoms with Crippen molar-refractivity contribution in [2.75, 3.05) is 5.73 Å². The minimum atomic E-state index is -2.49. The molecular weight excluding hydrogens is 200 g/mol. The first-order valence-corrected chi connectivity index (χ1v) is 5.21. The maximum absolute atomic E-state index is 13.1. The van der Waals surface area contributed by atoms with Crippen molar-refractivity contribution >= 4 is 5.95 Å². The van der Waals surface area contributed by atoms with Crippen LogP contribution in [0.1, 0.15) is 25.7 Å². The average molecular weight is 215 g/mol. The second-order valence-corrected chi connectivity index (χ2v) is 4.26. The summed E-state index contributed by atoms with van der Waals surface area (Å²) in [5, 5.41) is 0. The van der Waals surface area contributed by atoms with Crippen molar-refractivity contribution in [2.24, 2.45) is 5.92 Å². The topological polar surface area (TPSA) is 43.8 Å². The van der Waals surface area contributed by atoms with E-state index in [-0.39, 0.29) is 18.8 Å². The van der Waals surface area contributed by atoms with Crippen molar-refractivity contribution in [1.29, 1.82) is 0 Å². The lowest BCUT2D eigenvalue weighted by Gasteiger charge is -2.29. The molecule has 0 spiro atoms. The summed E-state index contributed by atoms with van der Waals surface area (Å²) in [6, 6.07) is 0. The van der Waals surface area contributed by atoms with Gasteiger partial charge in [-0.2, -0.15) is 0 Å². The number of halogens is 2. The predicted molar refractivity (Wildman–Crippen MR) is 53.5 cm³/mol. The highest BCUT2D eigenvalue weighted by Crippen LogP contribution is 2.37. The number of rotatable bonds is 2. The molecule has 1 aliphatic rings. The third kappa shape index (κ3) is 2.46. The van der Waals surface area contributed by atoms with Gasteiger partial charge in [0, 0.05) is 31.8 Å². The Hall–Kier alpha value is -1.13. The summed E-state index contributed by atoms with van der Waals surface area (Å²) in [6.45, 7) is 0.557. The molecule has 1 aromatic rings. The fourth-order valence-corrected chi connectivity index (χ4v) is 2.20. The van der Waals surface area contributed by atoms with Gasteiger partial charge in [0.05, 0.1) is 0 Å². The molecule has 84 valence electrons. The van der Waals surface area contributed by atoms with Gasteiger partial charge in [-0.25, -0.2) is 13.8 Å². The summed E-state index contributed by atoms with van der Waals surface area (Å²) >= 11 is 0. The van der Waals surface area contributed by atoms with Crippen LogP contribution in [-0.4, -0.2) is 15.5 Å². The number of anilines is 1. The second-order valence-electron chi connectivity index (χ2n) is 4.26. The van der Waals surface area contributed by atoms with Crippen molar-refractivity contribution in [1.82, 2.24) is 9.55 Å². The van der Waals surface area contributed by atoms with E-state index in [4.69, 9.17) is 5.73 Å². The molecular formula is C10H15F2N3. The van der Waals surface area contributed by atoms with Gasteiger partial charge in [-0.1, -0.05) is 0 Å². The Balaban J connectivity index is 1.98. The number of imidazole rings is 1. The van der Waals surface area contributed by atoms with Gasteiger partial charge >= 0.3 is 0 Å². The van der Waals surface area contributed by atoms with Crippen LogP contribution in [0.4, 0.5) is 14.7 Å². The smallest absolute Gasteiger partial charge is 0.248 e. The Bertz CT molecular complexity index is 335. The number of nitrogens with two attached hydrogens (primary N) is 1. The standard InChI is InChI=1S/C10H15F2N3/c11-10(12)3-1-2-8(6-10)7-15-5-4-14-9(15)13/h4-5,8H,1-3,6-7H2,(H2,13,14). The summed E-state index contributed by atoms with van der Waals surface area (Å²) in [6.07, 6.45) is 4.80. The molecule has 1 aliphatic carbocycles. The molecule has 0 saturated heterocycles. The molecule has 15 heavy (non-hydrogen) atoms. The molecule has 1 atom stereocenters. The third-order valence-corrected chi connectivity index (χ3v) is 2.94. The summed E-state index contributed by atoms with van der Waals surface area (Å²) < 4.78 is 28.0. The van der Waals surface area contributed by atoms with Crippen molar-refractivity contribution in [3.05, 3.63) is 12.4 Å². The minimum Gasteiger partial charge on any atom is -0.369 e. The maximum atomic E-state index is 13.1. The Kier molecular flexibility index (Phi) is 2.63. The van der Waals surface area contributed by atoms with E-state index in [0.29, 0.717) is 18.9 Å². The molecule has 5 heteroatoms. The molecule has 3 nitrogen and oxygen atoms in total. The van der Waals surface area contributed by atoms with Crippen LogP contribution in [0.25, 0.3) is 0 Å². The fourth-order valence-electron chi connectivity index (χ4n) is 2.20. The van der Waals surface area contributed by atoms with Crippen LogP contribution in [0.15, 0.2) is 12.4 Å². The first-order chi connectivity index (χ1) is 7.07. The van der Waals surface area contributed by atoms with E-state index in [9.17, 15) is 8.78 Å². The maximum Gasteiger partial charge on any atom is 0.248 e. The SMILES string of the molecule is Nc1nccn1CC1CCCC(F)(F)C1. The predicted octanol–water partition coefficient (Wildman–Crippen LogP) is 2.29. The van der Waals surface area contributed by atoms with E-state index in [2.05, 4.69) is 4.98 Å². The third-order valence-electron chi connectivity index (χ3n) is 2.94. The molecule has 1 fully saturated rings. The number of hydrogen-bond acceptors (Lipinski definition) is 2. The Morgan fingerprint density at radius 1 is 1.60 bits per heavy atom. The van der Waals surface area contributed by atoms with Crippen molar-refractivity contribution in [3.63, 3.8) is 0 Å². The number of hydrogen-bond donors (Lipinski definition) is 1. The average Bonchev–Trinajstić information content (AvgIpc) is 2.50. The van der Waals surface area contributed by atoms with Gasteiger partial charge in [0.15, 0.2) is 5.95 Å². The molecule has 2 N–H and O–H groups in total. The normalized spacial score (nSPS) is 25.3. The Labute approximate surface area is 87.3 Å². The summed E-state index contributed by atoms with van der Waals surface area (Å²) in [4.78, 5) is 3.87. The molecule has 1 aromatic heterocycles. The van der Waals surface area contributed by atoms with Crippen molar-refractivity contribution in [3.8, 4) is 0 Å². The Morgan fingerprint density at radius 2 is 2.40 bits per heavy atom. The number of alkyl halides is 2. The molecule has 1 heterocycles. The van der Waals surface area contributed by atoms with Crippen LogP contribution in [0.2, 0.25) is 0 Å². The lowest BCUT2D eigenvalue weighted by Crippen LogP contribution is -2.28. The first kappa shape index (κ1) is 10.4. The van der Waals surface area contributed by atoms with E-state index in [0.717, 1.165) is 6.42 Å². The van der Waals surface area contributed by atoms with Crippen LogP contribution in [0.5, 0.6) is 0 Å². The van der Waals surface area contributed by atoms with Crippen molar-refractivity contribution < 1.29 is 8.78 Å². The van der Waals surface area contributed by atoms with E-state index in [1.165, 1.54) is 0 Å². The number of aromatic nitrogens is 2. The molecule has 1 saturated carbocycles. The van der Waals surface area contributed by atoms with Gasteiger partial charge in [-0.05, 0) is 18.8 Å². The molecule has 0 bridgehead atoms. The van der Waals surface area contributed by atoms with Gasteiger partial charge in [0.1, 0.15) is 0 Å². The zero-order valence-corrected chi connectivity index (χ0v) is 8.50. The largest absolute Gasteiger partial charge is 0.369 e. The van der Waals surface area contributed by atoms with Crippen LogP contribution >= 0.6 is 0 Å². The minimum absolute atomic E-state index is 0.0187. The quantitative estimate of drug-likeness (QED) is 0.822. The summed E-state index contributed by atoms with van der Waals surface area (Å²) in [5.41, 5.74) is 5.59. The number of nitrogen functional groups attached to an aromatic ring is 1. The first-order valence-electron chi connectivity index (χ1n) is 5.21. The molecule has 0 amide bonds. The summed E-state index contributed by atoms with van der Waals surface area (Å²) in [7, 11) is 0. The zero-order chi connectivity index (χ0) is 10.9.